The molecule has 6 nitrogen and oxygen atoms in total. The number of nitrogens with one attached hydrogen (secondary N) is 1. The first-order chi connectivity index (χ1) is 11.6. The maximum Gasteiger partial charge on any atom is 0.258 e. The molecule has 0 saturated carbocycles. The second kappa shape index (κ2) is 8.93. The van der Waals surface area contributed by atoms with Gasteiger partial charge in [0.15, 0.2) is 18.1 Å². The second-order valence-corrected chi connectivity index (χ2v) is 5.72. The van der Waals surface area contributed by atoms with Crippen LogP contribution in [0.15, 0.2) is 52.0 Å². The van der Waals surface area contributed by atoms with Crippen molar-refractivity contribution in [2.24, 2.45) is 10.9 Å². The first kappa shape index (κ1) is 17.8. The third kappa shape index (κ3) is 4.99. The number of benzene rings is 2. The Balaban J connectivity index is 1.97. The van der Waals surface area contributed by atoms with E-state index in [4.69, 9.17) is 15.3 Å². The summed E-state index contributed by atoms with van der Waals surface area (Å²) in [6, 6.07) is 13.2. The van der Waals surface area contributed by atoms with Gasteiger partial charge in [0, 0.05) is 6.54 Å². The van der Waals surface area contributed by atoms with Crippen molar-refractivity contribution in [2.45, 2.75) is 6.54 Å². The lowest BCUT2D eigenvalue weighted by Gasteiger charge is -2.13. The van der Waals surface area contributed by atoms with Crippen LogP contribution in [0.2, 0.25) is 0 Å². The first-order valence-corrected chi connectivity index (χ1v) is 7.97. The SMILES string of the molecule is COc1cc(C=NN)cc(Br)c1OCC(=O)NCc1ccccc1. The lowest BCUT2D eigenvalue weighted by atomic mass is 10.2. The van der Waals surface area contributed by atoms with Gasteiger partial charge in [0.25, 0.3) is 5.91 Å². The molecule has 0 aliphatic rings. The van der Waals surface area contributed by atoms with E-state index in [0.717, 1.165) is 11.1 Å². The van der Waals surface area contributed by atoms with Crippen LogP contribution >= 0.6 is 15.9 Å². The Hall–Kier alpha value is -2.54. The van der Waals surface area contributed by atoms with Crippen LogP contribution in [0.5, 0.6) is 11.5 Å². The van der Waals surface area contributed by atoms with Crippen LogP contribution in [-0.4, -0.2) is 25.8 Å². The van der Waals surface area contributed by atoms with Gasteiger partial charge in [-0.05, 0) is 39.2 Å². The van der Waals surface area contributed by atoms with Crippen molar-refractivity contribution in [3.05, 3.63) is 58.1 Å². The third-order valence-electron chi connectivity index (χ3n) is 3.16. The molecule has 0 aromatic heterocycles. The molecule has 0 bridgehead atoms. The molecule has 0 atom stereocenters. The fourth-order valence-electron chi connectivity index (χ4n) is 2.03. The molecule has 0 fully saturated rings. The summed E-state index contributed by atoms with van der Waals surface area (Å²) < 4.78 is 11.5. The molecule has 0 saturated heterocycles. The summed E-state index contributed by atoms with van der Waals surface area (Å²) in [7, 11) is 1.52. The van der Waals surface area contributed by atoms with Crippen molar-refractivity contribution in [1.29, 1.82) is 0 Å². The predicted molar refractivity (Wildman–Crippen MR) is 96.3 cm³/mol. The van der Waals surface area contributed by atoms with E-state index in [2.05, 4.69) is 26.3 Å². The number of carbonyl (C=O) groups is 1. The zero-order valence-corrected chi connectivity index (χ0v) is 14.7. The van der Waals surface area contributed by atoms with Crippen LogP contribution in [0, 0.1) is 0 Å². The first-order valence-electron chi connectivity index (χ1n) is 7.18. The second-order valence-electron chi connectivity index (χ2n) is 4.86. The highest BCUT2D eigenvalue weighted by atomic mass is 79.9. The van der Waals surface area contributed by atoms with Crippen molar-refractivity contribution < 1.29 is 14.3 Å². The van der Waals surface area contributed by atoms with Crippen LogP contribution in [-0.2, 0) is 11.3 Å². The minimum absolute atomic E-state index is 0.119. The Labute approximate surface area is 148 Å². The van der Waals surface area contributed by atoms with E-state index in [1.807, 2.05) is 30.3 Å². The maximum absolute atomic E-state index is 11.9. The molecule has 0 heterocycles. The lowest BCUT2D eigenvalue weighted by Crippen LogP contribution is -2.28. The maximum atomic E-state index is 11.9. The molecule has 1 amide bonds. The minimum atomic E-state index is -0.222. The van der Waals surface area contributed by atoms with Gasteiger partial charge in [0.2, 0.25) is 0 Å². The molecule has 7 heteroatoms. The Morgan fingerprint density at radius 2 is 2.08 bits per heavy atom. The number of hydrazone groups is 1. The van der Waals surface area contributed by atoms with Crippen molar-refractivity contribution >= 4 is 28.1 Å². The van der Waals surface area contributed by atoms with Crippen LogP contribution in [0.3, 0.4) is 0 Å². The van der Waals surface area contributed by atoms with Gasteiger partial charge in [-0.1, -0.05) is 30.3 Å². The summed E-state index contributed by atoms with van der Waals surface area (Å²) in [6.07, 6.45) is 1.49. The zero-order chi connectivity index (χ0) is 17.4. The fourth-order valence-corrected chi connectivity index (χ4v) is 2.60. The van der Waals surface area contributed by atoms with Crippen LogP contribution < -0.4 is 20.6 Å². The molecule has 24 heavy (non-hydrogen) atoms. The normalized spacial score (nSPS) is 10.6. The highest BCUT2D eigenvalue weighted by molar-refractivity contribution is 9.10. The van der Waals surface area contributed by atoms with Gasteiger partial charge in [-0.25, -0.2) is 0 Å². The number of amides is 1. The standard InChI is InChI=1S/C17H18BrN3O3/c1-23-15-8-13(10-21-19)7-14(18)17(15)24-11-16(22)20-9-12-5-3-2-4-6-12/h2-8,10H,9,11,19H2,1H3,(H,20,22). The van der Waals surface area contributed by atoms with Gasteiger partial charge in [-0.15, -0.1) is 0 Å². The highest BCUT2D eigenvalue weighted by Gasteiger charge is 2.13. The van der Waals surface area contributed by atoms with E-state index in [1.165, 1.54) is 13.3 Å². The number of nitrogens with two attached hydrogens (primary N) is 1. The summed E-state index contributed by atoms with van der Waals surface area (Å²) in [5.41, 5.74) is 1.78. The minimum Gasteiger partial charge on any atom is -0.493 e. The van der Waals surface area contributed by atoms with Crippen molar-refractivity contribution in [2.75, 3.05) is 13.7 Å². The Morgan fingerprint density at radius 3 is 2.75 bits per heavy atom. The van der Waals surface area contributed by atoms with E-state index in [9.17, 15) is 4.79 Å². The quantitative estimate of drug-likeness (QED) is 0.431. The fraction of sp³-hybridized carbons (Fsp3) is 0.176. The van der Waals surface area contributed by atoms with Crippen LogP contribution in [0.4, 0.5) is 0 Å². The lowest BCUT2D eigenvalue weighted by molar-refractivity contribution is -0.123. The largest absolute Gasteiger partial charge is 0.493 e. The predicted octanol–water partition coefficient (Wildman–Crippen LogP) is 2.45. The Bertz CT molecular complexity index is 721. The van der Waals surface area contributed by atoms with Crippen molar-refractivity contribution in [3.8, 4) is 11.5 Å². The number of halogens is 1. The Morgan fingerprint density at radius 1 is 1.33 bits per heavy atom. The zero-order valence-electron chi connectivity index (χ0n) is 13.2. The average Bonchev–Trinajstić information content (AvgIpc) is 2.59. The molecule has 0 unspecified atom stereocenters. The molecule has 0 aliphatic carbocycles. The number of carbonyl (C=O) groups excluding carboxylic acids is 1. The van der Waals surface area contributed by atoms with Gasteiger partial charge in [0.05, 0.1) is 17.8 Å². The average molecular weight is 392 g/mol. The summed E-state index contributed by atoms with van der Waals surface area (Å²) in [6.45, 7) is 0.333. The number of ether oxygens (including phenoxy) is 2. The summed E-state index contributed by atoms with van der Waals surface area (Å²) in [5, 5.41) is 6.27. The van der Waals surface area contributed by atoms with Crippen molar-refractivity contribution in [3.63, 3.8) is 0 Å². The number of methoxy groups -OCH3 is 1. The van der Waals surface area contributed by atoms with E-state index < -0.39 is 0 Å². The van der Waals surface area contributed by atoms with Gasteiger partial charge in [-0.2, -0.15) is 5.10 Å². The number of hydrogen-bond acceptors (Lipinski definition) is 5. The number of nitrogens with zero attached hydrogens (tertiary/aromatic N) is 1. The molecular formula is C17H18BrN3O3. The molecule has 0 spiro atoms. The van der Waals surface area contributed by atoms with E-state index >= 15 is 0 Å². The third-order valence-corrected chi connectivity index (χ3v) is 3.74. The molecular weight excluding hydrogens is 374 g/mol. The summed E-state index contributed by atoms with van der Waals surface area (Å²) in [4.78, 5) is 11.9. The molecule has 3 N–H and O–H groups in total. The van der Waals surface area contributed by atoms with Gasteiger partial charge < -0.3 is 20.6 Å². The molecule has 2 aromatic rings. The number of rotatable bonds is 7. The molecule has 2 rings (SSSR count). The van der Waals surface area contributed by atoms with Gasteiger partial charge >= 0.3 is 0 Å². The van der Waals surface area contributed by atoms with E-state index in [0.29, 0.717) is 22.5 Å². The molecule has 2 aromatic carbocycles. The molecule has 0 aliphatic heterocycles. The monoisotopic (exact) mass is 391 g/mol. The van der Waals surface area contributed by atoms with E-state index in [1.54, 1.807) is 12.1 Å². The summed E-state index contributed by atoms with van der Waals surface area (Å²) >= 11 is 3.40. The van der Waals surface area contributed by atoms with Gasteiger partial charge in [0.1, 0.15) is 0 Å². The summed E-state index contributed by atoms with van der Waals surface area (Å²) in [5.74, 6) is 5.85. The van der Waals surface area contributed by atoms with E-state index in [-0.39, 0.29) is 12.5 Å². The molecule has 0 radical (unpaired) electrons. The smallest absolute Gasteiger partial charge is 0.258 e. The highest BCUT2D eigenvalue weighted by Crippen LogP contribution is 2.36. The van der Waals surface area contributed by atoms with Crippen molar-refractivity contribution in [1.82, 2.24) is 5.32 Å². The van der Waals surface area contributed by atoms with Crippen LogP contribution in [0.1, 0.15) is 11.1 Å². The van der Waals surface area contributed by atoms with Gasteiger partial charge in [-0.3, -0.25) is 4.79 Å². The van der Waals surface area contributed by atoms with Crippen LogP contribution in [0.25, 0.3) is 0 Å². The topological polar surface area (TPSA) is 85.9 Å². The number of hydrogen-bond donors (Lipinski definition) is 2. The molecule has 126 valence electrons. The Kier molecular flexibility index (Phi) is 6.62.